The van der Waals surface area contributed by atoms with Crippen LogP contribution in [0.3, 0.4) is 0 Å². The lowest BCUT2D eigenvalue weighted by molar-refractivity contribution is -0.115. The summed E-state index contributed by atoms with van der Waals surface area (Å²) in [6.45, 7) is 6.54. The molecule has 1 aliphatic rings. The highest BCUT2D eigenvalue weighted by molar-refractivity contribution is 8.00. The van der Waals surface area contributed by atoms with E-state index in [0.717, 1.165) is 4.90 Å². The second-order valence-electron chi connectivity index (χ2n) is 6.81. The summed E-state index contributed by atoms with van der Waals surface area (Å²) in [4.78, 5) is 52.6. The highest BCUT2D eigenvalue weighted by atomic mass is 32.2. The quantitative estimate of drug-likeness (QED) is 0.534. The van der Waals surface area contributed by atoms with E-state index in [9.17, 15) is 19.2 Å². The first-order valence-electron chi connectivity index (χ1n) is 9.41. The number of rotatable bonds is 6. The number of carbonyl (C=O) groups is 4. The fraction of sp³-hybridized carbons (Fsp3) is 0.333. The number of anilines is 1. The maximum absolute atomic E-state index is 12.5. The highest BCUT2D eigenvalue weighted by Gasteiger charge is 2.25. The van der Waals surface area contributed by atoms with Crippen LogP contribution in [0.4, 0.5) is 5.69 Å². The van der Waals surface area contributed by atoms with Gasteiger partial charge in [0, 0.05) is 10.6 Å². The normalized spacial score (nSPS) is 15.2. The molecule has 1 amide bonds. The predicted molar refractivity (Wildman–Crippen MR) is 111 cm³/mol. The van der Waals surface area contributed by atoms with Crippen molar-refractivity contribution in [2.75, 3.05) is 18.5 Å². The fourth-order valence-electron chi connectivity index (χ4n) is 3.16. The van der Waals surface area contributed by atoms with Crippen molar-refractivity contribution in [3.05, 3.63) is 46.3 Å². The Labute approximate surface area is 177 Å². The molecule has 8 nitrogen and oxygen atoms in total. The number of hydrogen-bond acceptors (Lipinski definition) is 7. The number of aromatic nitrogens is 1. The fourth-order valence-corrected chi connectivity index (χ4v) is 4.09. The average Bonchev–Trinajstić information content (AvgIpc) is 3.00. The number of ketones is 1. The zero-order valence-electron chi connectivity index (χ0n) is 17.1. The van der Waals surface area contributed by atoms with Crippen LogP contribution in [-0.2, 0) is 14.3 Å². The Hall–Kier alpha value is -3.07. The summed E-state index contributed by atoms with van der Waals surface area (Å²) in [6, 6.07) is 4.85. The minimum absolute atomic E-state index is 0.136. The lowest BCUT2D eigenvalue weighted by atomic mass is 10.1. The third-order valence-corrected chi connectivity index (χ3v) is 5.85. The van der Waals surface area contributed by atoms with Crippen molar-refractivity contribution in [3.63, 3.8) is 0 Å². The Morgan fingerprint density at radius 1 is 1.13 bits per heavy atom. The second-order valence-corrected chi connectivity index (χ2v) is 8.19. The Morgan fingerprint density at radius 3 is 2.57 bits per heavy atom. The summed E-state index contributed by atoms with van der Waals surface area (Å²) >= 11 is 1.41. The van der Waals surface area contributed by atoms with Crippen molar-refractivity contribution >= 4 is 41.1 Å². The smallest absolute Gasteiger partial charge is 0.340 e. The third kappa shape index (κ3) is 4.25. The van der Waals surface area contributed by atoms with Crippen LogP contribution < -0.4 is 5.32 Å². The van der Waals surface area contributed by atoms with Gasteiger partial charge in [-0.3, -0.25) is 9.59 Å². The number of benzene rings is 1. The molecule has 0 fully saturated rings. The maximum Gasteiger partial charge on any atom is 0.340 e. The van der Waals surface area contributed by atoms with E-state index in [-0.39, 0.29) is 29.0 Å². The van der Waals surface area contributed by atoms with Gasteiger partial charge < -0.3 is 19.8 Å². The Balaban J connectivity index is 1.69. The molecule has 2 aromatic rings. The van der Waals surface area contributed by atoms with E-state index in [2.05, 4.69) is 10.3 Å². The molecule has 9 heteroatoms. The molecule has 0 saturated heterocycles. The molecule has 0 bridgehead atoms. The van der Waals surface area contributed by atoms with Gasteiger partial charge >= 0.3 is 11.9 Å². The Kier molecular flexibility index (Phi) is 6.31. The van der Waals surface area contributed by atoms with Crippen LogP contribution >= 0.6 is 11.8 Å². The molecule has 1 aliphatic heterocycles. The number of aryl methyl sites for hydroxylation is 1. The summed E-state index contributed by atoms with van der Waals surface area (Å²) in [5, 5.41) is 2.54. The molecule has 0 aliphatic carbocycles. The minimum atomic E-state index is -0.685. The standard InChI is InChI=1S/C21H22N2O6S/c1-5-28-21(27)17-10(2)18(22-11(17)3)15(24)9-29-20(26)13-6-7-16-14(8-13)23-19(25)12(4)30-16/h6-8,12,22H,5,9H2,1-4H3,(H,23,25). The van der Waals surface area contributed by atoms with Gasteiger partial charge in [-0.1, -0.05) is 0 Å². The van der Waals surface area contributed by atoms with E-state index in [1.54, 1.807) is 39.8 Å². The molecular weight excluding hydrogens is 408 g/mol. The molecule has 1 atom stereocenters. The molecule has 2 N–H and O–H groups in total. The first kappa shape index (κ1) is 21.6. The van der Waals surface area contributed by atoms with Crippen LogP contribution in [0.2, 0.25) is 0 Å². The van der Waals surface area contributed by atoms with Crippen molar-refractivity contribution in [3.8, 4) is 0 Å². The van der Waals surface area contributed by atoms with Gasteiger partial charge in [-0.25, -0.2) is 9.59 Å². The van der Waals surface area contributed by atoms with Gasteiger partial charge in [-0.05, 0) is 51.5 Å². The van der Waals surface area contributed by atoms with Crippen LogP contribution in [0.15, 0.2) is 23.1 Å². The largest absolute Gasteiger partial charge is 0.462 e. The number of nitrogens with one attached hydrogen (secondary N) is 2. The van der Waals surface area contributed by atoms with Gasteiger partial charge in [0.2, 0.25) is 11.7 Å². The van der Waals surface area contributed by atoms with Gasteiger partial charge in [0.05, 0.1) is 34.4 Å². The topological polar surface area (TPSA) is 115 Å². The van der Waals surface area contributed by atoms with E-state index in [4.69, 9.17) is 9.47 Å². The van der Waals surface area contributed by atoms with Gasteiger partial charge in [0.1, 0.15) is 0 Å². The zero-order chi connectivity index (χ0) is 22.0. The van der Waals surface area contributed by atoms with Crippen molar-refractivity contribution in [1.29, 1.82) is 0 Å². The van der Waals surface area contributed by atoms with Crippen molar-refractivity contribution in [1.82, 2.24) is 4.98 Å². The first-order valence-corrected chi connectivity index (χ1v) is 10.3. The molecule has 3 rings (SSSR count). The minimum Gasteiger partial charge on any atom is -0.462 e. The molecule has 0 saturated carbocycles. The van der Waals surface area contributed by atoms with Crippen LogP contribution in [-0.4, -0.2) is 47.1 Å². The van der Waals surface area contributed by atoms with E-state index in [1.807, 2.05) is 0 Å². The van der Waals surface area contributed by atoms with Crippen molar-refractivity contribution in [2.45, 2.75) is 37.8 Å². The number of carbonyl (C=O) groups excluding carboxylic acids is 4. The Morgan fingerprint density at radius 2 is 1.87 bits per heavy atom. The van der Waals surface area contributed by atoms with Crippen LogP contribution in [0, 0.1) is 13.8 Å². The number of thioether (sulfide) groups is 1. The summed E-state index contributed by atoms with van der Waals surface area (Å²) in [7, 11) is 0. The van der Waals surface area contributed by atoms with Crippen molar-refractivity contribution < 1.29 is 28.7 Å². The van der Waals surface area contributed by atoms with E-state index >= 15 is 0 Å². The number of aromatic amines is 1. The maximum atomic E-state index is 12.5. The number of ether oxygens (including phenoxy) is 2. The number of hydrogen-bond donors (Lipinski definition) is 2. The molecule has 158 valence electrons. The number of H-pyrrole nitrogens is 1. The molecule has 0 spiro atoms. The van der Waals surface area contributed by atoms with E-state index in [1.165, 1.54) is 17.8 Å². The van der Waals surface area contributed by atoms with Crippen LogP contribution in [0.5, 0.6) is 0 Å². The lowest BCUT2D eigenvalue weighted by Crippen LogP contribution is -2.26. The summed E-state index contributed by atoms with van der Waals surface area (Å²) in [6.07, 6.45) is 0. The zero-order valence-corrected chi connectivity index (χ0v) is 17.9. The van der Waals surface area contributed by atoms with Gasteiger partial charge in [0.25, 0.3) is 0 Å². The van der Waals surface area contributed by atoms with Crippen LogP contribution in [0.25, 0.3) is 0 Å². The summed E-state index contributed by atoms with van der Waals surface area (Å²) in [5.74, 6) is -1.79. The van der Waals surface area contributed by atoms with Crippen LogP contribution in [0.1, 0.15) is 56.3 Å². The molecule has 0 radical (unpaired) electrons. The molecular formula is C21H22N2O6S. The van der Waals surface area contributed by atoms with Gasteiger partial charge in [-0.15, -0.1) is 11.8 Å². The second kappa shape index (κ2) is 8.74. The number of amides is 1. The monoisotopic (exact) mass is 430 g/mol. The predicted octanol–water partition coefficient (Wildman–Crippen LogP) is 3.28. The SMILES string of the molecule is CCOC(=O)c1c(C)[nH]c(C(=O)COC(=O)c2ccc3c(c2)NC(=O)C(C)S3)c1C. The van der Waals surface area contributed by atoms with Gasteiger partial charge in [-0.2, -0.15) is 0 Å². The summed E-state index contributed by atoms with van der Waals surface area (Å²) in [5.41, 5.74) is 2.24. The van der Waals surface area contributed by atoms with E-state index < -0.39 is 24.3 Å². The summed E-state index contributed by atoms with van der Waals surface area (Å²) < 4.78 is 10.2. The average molecular weight is 430 g/mol. The number of Topliss-reactive ketones (excluding diaryl/α,β-unsaturated/α-hetero) is 1. The third-order valence-electron chi connectivity index (χ3n) is 4.68. The van der Waals surface area contributed by atoms with E-state index in [0.29, 0.717) is 22.5 Å². The molecule has 30 heavy (non-hydrogen) atoms. The molecule has 2 heterocycles. The number of fused-ring (bicyclic) bond motifs is 1. The van der Waals surface area contributed by atoms with Crippen molar-refractivity contribution in [2.24, 2.45) is 0 Å². The molecule has 1 aromatic heterocycles. The Bertz CT molecular complexity index is 1040. The highest BCUT2D eigenvalue weighted by Crippen LogP contribution is 2.36. The molecule has 1 aromatic carbocycles. The first-order chi connectivity index (χ1) is 14.2. The lowest BCUT2D eigenvalue weighted by Gasteiger charge is -2.21. The van der Waals surface area contributed by atoms with Gasteiger partial charge in [0.15, 0.2) is 6.61 Å². The number of esters is 2. The molecule has 1 unspecified atom stereocenters.